The van der Waals surface area contributed by atoms with Crippen LogP contribution in [0.5, 0.6) is 0 Å². The van der Waals surface area contributed by atoms with Gasteiger partial charge in [-0.2, -0.15) is 0 Å². The highest BCUT2D eigenvalue weighted by molar-refractivity contribution is 7.98. The lowest BCUT2D eigenvalue weighted by Gasteiger charge is -2.42. The predicted octanol–water partition coefficient (Wildman–Crippen LogP) is 1.77. The van der Waals surface area contributed by atoms with Gasteiger partial charge in [0.1, 0.15) is 5.03 Å². The van der Waals surface area contributed by atoms with E-state index in [-0.39, 0.29) is 5.82 Å². The Balaban J connectivity index is 1.71. The maximum atomic E-state index is 13.4. The summed E-state index contributed by atoms with van der Waals surface area (Å²) in [4.78, 5) is 10.7. The minimum atomic E-state index is -0.323. The summed E-state index contributed by atoms with van der Waals surface area (Å²) < 4.78 is 14.7. The van der Waals surface area contributed by atoms with Crippen LogP contribution >= 0.6 is 11.8 Å². The summed E-state index contributed by atoms with van der Waals surface area (Å²) in [6.45, 7) is 6.98. The van der Waals surface area contributed by atoms with Crippen LogP contribution in [0.1, 0.15) is 12.8 Å². The molecular formula is C13H20FN4S+. The van der Waals surface area contributed by atoms with E-state index >= 15 is 0 Å². The van der Waals surface area contributed by atoms with Crippen molar-refractivity contribution in [3.63, 3.8) is 0 Å². The maximum absolute atomic E-state index is 13.4. The Morgan fingerprint density at radius 2 is 1.89 bits per heavy atom. The lowest BCUT2D eigenvalue weighted by atomic mass is 10.2. The molecule has 0 atom stereocenters. The Morgan fingerprint density at radius 3 is 2.53 bits per heavy atom. The molecule has 1 aromatic heterocycles. The number of rotatable bonds is 2. The minimum absolute atomic E-state index is 0.323. The van der Waals surface area contributed by atoms with Crippen molar-refractivity contribution >= 4 is 17.7 Å². The third-order valence-electron chi connectivity index (χ3n) is 4.38. The molecule has 2 saturated heterocycles. The molecule has 2 aliphatic rings. The second-order valence-electron chi connectivity index (χ2n) is 5.46. The standard InChI is InChI=1S/C13H20FN4S/c1-19-12-11(14)10-15-13(16-12)17-4-8-18(9-5-17)6-2-3-7-18/h10H,2-9H2,1H3/q+1. The Bertz CT molecular complexity index is 452. The number of halogens is 1. The second kappa shape index (κ2) is 5.25. The number of piperazine rings is 1. The van der Waals surface area contributed by atoms with Crippen LogP contribution in [0.2, 0.25) is 0 Å². The van der Waals surface area contributed by atoms with Gasteiger partial charge in [0.15, 0.2) is 5.82 Å². The number of quaternary nitrogens is 1. The summed E-state index contributed by atoms with van der Waals surface area (Å²) in [5.41, 5.74) is 0. The summed E-state index contributed by atoms with van der Waals surface area (Å²) in [6.07, 6.45) is 5.87. The van der Waals surface area contributed by atoms with Crippen LogP contribution in [0.4, 0.5) is 10.3 Å². The van der Waals surface area contributed by atoms with Crippen molar-refractivity contribution in [2.45, 2.75) is 17.9 Å². The molecule has 3 rings (SSSR count). The van der Waals surface area contributed by atoms with Crippen molar-refractivity contribution in [1.29, 1.82) is 0 Å². The van der Waals surface area contributed by atoms with Crippen molar-refractivity contribution in [2.24, 2.45) is 0 Å². The molecule has 3 heterocycles. The number of anilines is 1. The predicted molar refractivity (Wildman–Crippen MR) is 74.9 cm³/mol. The number of nitrogens with zero attached hydrogens (tertiary/aromatic N) is 4. The molecular weight excluding hydrogens is 263 g/mol. The molecule has 2 aliphatic heterocycles. The van der Waals surface area contributed by atoms with Crippen molar-refractivity contribution < 1.29 is 8.87 Å². The fourth-order valence-corrected chi connectivity index (χ4v) is 3.60. The Hall–Kier alpha value is -0.880. The van der Waals surface area contributed by atoms with Gasteiger partial charge in [-0.25, -0.2) is 14.4 Å². The lowest BCUT2D eigenvalue weighted by molar-refractivity contribution is -0.917. The van der Waals surface area contributed by atoms with E-state index in [4.69, 9.17) is 0 Å². The van der Waals surface area contributed by atoms with E-state index in [2.05, 4.69) is 14.9 Å². The summed E-state index contributed by atoms with van der Waals surface area (Å²) in [5.74, 6) is 0.360. The number of hydrogen-bond donors (Lipinski definition) is 0. The van der Waals surface area contributed by atoms with Gasteiger partial charge in [-0.3, -0.25) is 0 Å². The van der Waals surface area contributed by atoms with Gasteiger partial charge in [0.25, 0.3) is 0 Å². The highest BCUT2D eigenvalue weighted by Gasteiger charge is 2.36. The van der Waals surface area contributed by atoms with E-state index in [0.717, 1.165) is 13.1 Å². The van der Waals surface area contributed by atoms with Crippen LogP contribution in [0.15, 0.2) is 11.2 Å². The van der Waals surface area contributed by atoms with E-state index in [0.29, 0.717) is 11.0 Å². The normalized spacial score (nSPS) is 22.1. The molecule has 4 nitrogen and oxygen atoms in total. The SMILES string of the molecule is CSc1nc(N2CC[N+]3(CCCC3)CC2)ncc1F. The molecule has 1 spiro atoms. The Kier molecular flexibility index (Phi) is 3.62. The molecule has 1 aromatic rings. The third kappa shape index (κ3) is 2.56. The Morgan fingerprint density at radius 1 is 1.21 bits per heavy atom. The van der Waals surface area contributed by atoms with Crippen molar-refractivity contribution in [2.75, 3.05) is 50.4 Å². The van der Waals surface area contributed by atoms with Crippen molar-refractivity contribution in [1.82, 2.24) is 9.97 Å². The third-order valence-corrected chi connectivity index (χ3v) is 5.05. The molecule has 104 valence electrons. The van der Waals surface area contributed by atoms with Crippen LogP contribution in [-0.2, 0) is 0 Å². The van der Waals surface area contributed by atoms with Crippen LogP contribution in [0.3, 0.4) is 0 Å². The highest BCUT2D eigenvalue weighted by atomic mass is 32.2. The van der Waals surface area contributed by atoms with Gasteiger partial charge in [0.05, 0.1) is 45.5 Å². The van der Waals surface area contributed by atoms with E-state index in [1.165, 1.54) is 61.5 Å². The average Bonchev–Trinajstić information content (AvgIpc) is 2.89. The smallest absolute Gasteiger partial charge is 0.226 e. The van der Waals surface area contributed by atoms with E-state index in [1.807, 2.05) is 6.26 Å². The summed E-state index contributed by atoms with van der Waals surface area (Å²) in [6, 6.07) is 0. The molecule has 0 N–H and O–H groups in total. The van der Waals surface area contributed by atoms with Crippen LogP contribution in [0.25, 0.3) is 0 Å². The minimum Gasteiger partial charge on any atom is -0.329 e. The van der Waals surface area contributed by atoms with Gasteiger partial charge in [-0.15, -0.1) is 11.8 Å². The quantitative estimate of drug-likeness (QED) is 0.470. The van der Waals surface area contributed by atoms with Gasteiger partial charge in [-0.05, 0) is 6.26 Å². The van der Waals surface area contributed by atoms with E-state index < -0.39 is 0 Å². The lowest BCUT2D eigenvalue weighted by Crippen LogP contribution is -2.58. The van der Waals surface area contributed by atoms with Crippen molar-refractivity contribution in [3.8, 4) is 0 Å². The topological polar surface area (TPSA) is 29.0 Å². The molecule has 0 bridgehead atoms. The first kappa shape index (κ1) is 13.1. The first-order chi connectivity index (χ1) is 9.22. The molecule has 0 saturated carbocycles. The van der Waals surface area contributed by atoms with Crippen molar-refractivity contribution in [3.05, 3.63) is 12.0 Å². The first-order valence-electron chi connectivity index (χ1n) is 6.89. The van der Waals surface area contributed by atoms with Crippen LogP contribution in [0, 0.1) is 5.82 Å². The van der Waals surface area contributed by atoms with Crippen LogP contribution < -0.4 is 4.90 Å². The maximum Gasteiger partial charge on any atom is 0.226 e. The molecule has 0 unspecified atom stereocenters. The van der Waals surface area contributed by atoms with Gasteiger partial charge < -0.3 is 9.38 Å². The van der Waals surface area contributed by atoms with E-state index in [1.54, 1.807) is 0 Å². The summed E-state index contributed by atoms with van der Waals surface area (Å²) in [7, 11) is 0. The Labute approximate surface area is 117 Å². The van der Waals surface area contributed by atoms with Gasteiger partial charge in [0, 0.05) is 12.8 Å². The highest BCUT2D eigenvalue weighted by Crippen LogP contribution is 2.25. The monoisotopic (exact) mass is 283 g/mol. The molecule has 6 heteroatoms. The first-order valence-corrected chi connectivity index (χ1v) is 8.11. The van der Waals surface area contributed by atoms with Crippen LogP contribution in [-0.4, -0.2) is 60.0 Å². The van der Waals surface area contributed by atoms with E-state index in [9.17, 15) is 4.39 Å². The number of hydrogen-bond acceptors (Lipinski definition) is 4. The average molecular weight is 283 g/mol. The summed E-state index contributed by atoms with van der Waals surface area (Å²) in [5, 5.41) is 0.445. The number of aromatic nitrogens is 2. The fraction of sp³-hybridized carbons (Fsp3) is 0.692. The zero-order chi connectivity index (χ0) is 13.3. The molecule has 2 fully saturated rings. The number of thioether (sulfide) groups is 1. The van der Waals surface area contributed by atoms with Gasteiger partial charge in [0.2, 0.25) is 5.95 Å². The zero-order valence-electron chi connectivity index (χ0n) is 11.3. The molecule has 0 radical (unpaired) electrons. The molecule has 19 heavy (non-hydrogen) atoms. The van der Waals surface area contributed by atoms with Gasteiger partial charge in [-0.1, -0.05) is 0 Å². The molecule has 0 aliphatic carbocycles. The molecule has 0 aromatic carbocycles. The zero-order valence-corrected chi connectivity index (χ0v) is 12.1. The largest absolute Gasteiger partial charge is 0.329 e. The van der Waals surface area contributed by atoms with Gasteiger partial charge >= 0.3 is 0 Å². The fourth-order valence-electron chi connectivity index (χ4n) is 3.18. The summed E-state index contributed by atoms with van der Waals surface area (Å²) >= 11 is 1.34. The second-order valence-corrected chi connectivity index (χ2v) is 6.25. The molecule has 0 amide bonds.